The molecule has 0 amide bonds. The summed E-state index contributed by atoms with van der Waals surface area (Å²) in [7, 11) is 3.15. The number of hydrogen-bond acceptors (Lipinski definition) is 3. The lowest BCUT2D eigenvalue weighted by Gasteiger charge is -2.08. The Bertz CT molecular complexity index is 572. The summed E-state index contributed by atoms with van der Waals surface area (Å²) < 4.78 is 6.54. The van der Waals surface area contributed by atoms with Crippen LogP contribution in [0.5, 0.6) is 11.5 Å². The highest BCUT2D eigenvalue weighted by Crippen LogP contribution is 2.27. The predicted molar refractivity (Wildman–Crippen MR) is 57.4 cm³/mol. The van der Waals surface area contributed by atoms with E-state index in [1.165, 1.54) is 17.7 Å². The van der Waals surface area contributed by atoms with Crippen LogP contribution in [0.1, 0.15) is 0 Å². The fourth-order valence-corrected chi connectivity index (χ4v) is 1.61. The van der Waals surface area contributed by atoms with Gasteiger partial charge in [0.25, 0.3) is 5.56 Å². The molecule has 1 aromatic heterocycles. The fourth-order valence-electron chi connectivity index (χ4n) is 1.61. The van der Waals surface area contributed by atoms with Gasteiger partial charge in [0, 0.05) is 18.6 Å². The van der Waals surface area contributed by atoms with Crippen molar-refractivity contribution in [1.82, 2.24) is 4.57 Å². The van der Waals surface area contributed by atoms with Crippen molar-refractivity contribution in [2.45, 2.75) is 0 Å². The number of pyridine rings is 1. The molecule has 4 nitrogen and oxygen atoms in total. The molecule has 0 radical (unpaired) electrons. The Hall–Kier alpha value is -1.97. The fraction of sp³-hybridized carbons (Fsp3) is 0.182. The molecule has 2 rings (SSSR count). The number of rotatable bonds is 1. The normalized spacial score (nSPS) is 10.5. The number of ether oxygens (including phenoxy) is 1. The van der Waals surface area contributed by atoms with Gasteiger partial charge in [0.2, 0.25) is 0 Å². The molecule has 0 aliphatic heterocycles. The second kappa shape index (κ2) is 3.31. The predicted octanol–water partition coefficient (Wildman–Crippen LogP) is 1.25. The number of fused-ring (bicyclic) bond motifs is 1. The first-order chi connectivity index (χ1) is 7.15. The lowest BCUT2D eigenvalue weighted by molar-refractivity contribution is 0.415. The standard InChI is InChI=1S/C11H11NO3/c1-12-6-9(15-2)7-4-3-5-8(13)10(7)11(12)14/h3-6,13H,1-2H3. The Morgan fingerprint density at radius 1 is 1.40 bits per heavy atom. The first kappa shape index (κ1) is 9.58. The van der Waals surface area contributed by atoms with Crippen LogP contribution in [-0.4, -0.2) is 16.8 Å². The second-order valence-corrected chi connectivity index (χ2v) is 3.31. The van der Waals surface area contributed by atoms with E-state index >= 15 is 0 Å². The van der Waals surface area contributed by atoms with E-state index in [0.717, 1.165) is 0 Å². The molecule has 1 N–H and O–H groups in total. The van der Waals surface area contributed by atoms with Gasteiger partial charge in [-0.1, -0.05) is 12.1 Å². The molecule has 0 aliphatic carbocycles. The first-order valence-corrected chi connectivity index (χ1v) is 4.50. The van der Waals surface area contributed by atoms with Crippen LogP contribution in [0.15, 0.2) is 29.2 Å². The highest BCUT2D eigenvalue weighted by Gasteiger charge is 2.10. The summed E-state index contributed by atoms with van der Waals surface area (Å²) >= 11 is 0. The summed E-state index contributed by atoms with van der Waals surface area (Å²) in [6.07, 6.45) is 1.60. The molecule has 0 saturated heterocycles. The number of nitrogens with zero attached hydrogens (tertiary/aromatic N) is 1. The van der Waals surface area contributed by atoms with Crippen LogP contribution in [0, 0.1) is 0 Å². The third-order valence-corrected chi connectivity index (χ3v) is 2.37. The van der Waals surface area contributed by atoms with E-state index in [0.29, 0.717) is 16.5 Å². The van der Waals surface area contributed by atoms with Gasteiger partial charge in [-0.05, 0) is 6.07 Å². The number of aromatic hydroxyl groups is 1. The minimum Gasteiger partial charge on any atom is -0.507 e. The van der Waals surface area contributed by atoms with Crippen LogP contribution in [0.25, 0.3) is 10.8 Å². The zero-order valence-corrected chi connectivity index (χ0v) is 8.52. The van der Waals surface area contributed by atoms with Gasteiger partial charge < -0.3 is 14.4 Å². The maximum Gasteiger partial charge on any atom is 0.262 e. The number of aromatic nitrogens is 1. The van der Waals surface area contributed by atoms with Crippen molar-refractivity contribution in [2.24, 2.45) is 7.05 Å². The van der Waals surface area contributed by atoms with E-state index in [9.17, 15) is 9.90 Å². The van der Waals surface area contributed by atoms with Gasteiger partial charge in [0.15, 0.2) is 0 Å². The van der Waals surface area contributed by atoms with Gasteiger partial charge >= 0.3 is 0 Å². The molecule has 1 heterocycles. The summed E-state index contributed by atoms with van der Waals surface area (Å²) in [4.78, 5) is 11.8. The molecule has 4 heteroatoms. The van der Waals surface area contributed by atoms with Gasteiger partial charge in [0.1, 0.15) is 11.5 Å². The Labute approximate surface area is 86.3 Å². The van der Waals surface area contributed by atoms with Crippen molar-refractivity contribution in [1.29, 1.82) is 0 Å². The molecule has 1 aromatic carbocycles. The number of benzene rings is 1. The zero-order chi connectivity index (χ0) is 11.0. The monoisotopic (exact) mass is 205 g/mol. The van der Waals surface area contributed by atoms with E-state index in [-0.39, 0.29) is 11.3 Å². The van der Waals surface area contributed by atoms with Gasteiger partial charge in [-0.3, -0.25) is 4.79 Å². The smallest absolute Gasteiger partial charge is 0.262 e. The Balaban J connectivity index is 3.03. The first-order valence-electron chi connectivity index (χ1n) is 4.50. The van der Waals surface area contributed by atoms with Gasteiger partial charge in [-0.25, -0.2) is 0 Å². The summed E-state index contributed by atoms with van der Waals surface area (Å²) in [5.74, 6) is 0.551. The maximum absolute atomic E-state index is 11.8. The van der Waals surface area contributed by atoms with Crippen LogP contribution in [0.2, 0.25) is 0 Å². The van der Waals surface area contributed by atoms with Crippen molar-refractivity contribution < 1.29 is 9.84 Å². The highest BCUT2D eigenvalue weighted by molar-refractivity contribution is 5.91. The van der Waals surface area contributed by atoms with Crippen LogP contribution >= 0.6 is 0 Å². The zero-order valence-electron chi connectivity index (χ0n) is 8.52. The molecular formula is C11H11NO3. The van der Waals surface area contributed by atoms with Crippen molar-refractivity contribution in [3.05, 3.63) is 34.7 Å². The van der Waals surface area contributed by atoms with Gasteiger partial charge in [0.05, 0.1) is 12.5 Å². The number of aryl methyl sites for hydroxylation is 1. The maximum atomic E-state index is 11.8. The van der Waals surface area contributed by atoms with Gasteiger partial charge in [-0.2, -0.15) is 0 Å². The summed E-state index contributed by atoms with van der Waals surface area (Å²) in [5, 5.41) is 10.5. The number of phenolic OH excluding ortho intramolecular Hbond substituents is 1. The van der Waals surface area contributed by atoms with Crippen molar-refractivity contribution >= 4 is 10.8 Å². The highest BCUT2D eigenvalue weighted by atomic mass is 16.5. The molecule has 0 spiro atoms. The number of phenols is 1. The SMILES string of the molecule is COc1cn(C)c(=O)c2c(O)cccc12. The van der Waals surface area contributed by atoms with E-state index in [1.807, 2.05) is 0 Å². The summed E-state index contributed by atoms with van der Waals surface area (Å²) in [5.41, 5.74) is -0.232. The van der Waals surface area contributed by atoms with Gasteiger partial charge in [-0.15, -0.1) is 0 Å². The van der Waals surface area contributed by atoms with Crippen LogP contribution in [-0.2, 0) is 7.05 Å². The topological polar surface area (TPSA) is 51.5 Å². The van der Waals surface area contributed by atoms with E-state index < -0.39 is 0 Å². The molecule has 0 fully saturated rings. The minimum atomic E-state index is -0.232. The summed E-state index contributed by atoms with van der Waals surface area (Å²) in [6.45, 7) is 0. The third kappa shape index (κ3) is 1.34. The molecule has 0 saturated carbocycles. The quantitative estimate of drug-likeness (QED) is 0.762. The van der Waals surface area contributed by atoms with E-state index in [1.54, 1.807) is 25.4 Å². The Morgan fingerprint density at radius 2 is 2.13 bits per heavy atom. The van der Waals surface area contributed by atoms with E-state index in [2.05, 4.69) is 0 Å². The van der Waals surface area contributed by atoms with Crippen LogP contribution < -0.4 is 10.3 Å². The van der Waals surface area contributed by atoms with Crippen molar-refractivity contribution in [3.63, 3.8) is 0 Å². The number of methoxy groups -OCH3 is 1. The molecule has 0 atom stereocenters. The molecule has 2 aromatic rings. The van der Waals surface area contributed by atoms with Crippen LogP contribution in [0.4, 0.5) is 0 Å². The lowest BCUT2D eigenvalue weighted by Crippen LogP contribution is -2.16. The minimum absolute atomic E-state index is 0.0213. The Kier molecular flexibility index (Phi) is 2.11. The second-order valence-electron chi connectivity index (χ2n) is 3.31. The largest absolute Gasteiger partial charge is 0.507 e. The summed E-state index contributed by atoms with van der Waals surface area (Å²) in [6, 6.07) is 4.91. The molecule has 0 aliphatic rings. The van der Waals surface area contributed by atoms with Crippen LogP contribution in [0.3, 0.4) is 0 Å². The van der Waals surface area contributed by atoms with Crippen molar-refractivity contribution in [3.8, 4) is 11.5 Å². The average molecular weight is 205 g/mol. The molecule has 0 unspecified atom stereocenters. The lowest BCUT2D eigenvalue weighted by atomic mass is 10.1. The third-order valence-electron chi connectivity index (χ3n) is 2.37. The van der Waals surface area contributed by atoms with E-state index in [4.69, 9.17) is 4.74 Å². The molecule has 15 heavy (non-hydrogen) atoms. The average Bonchev–Trinajstić information content (AvgIpc) is 2.23. The number of hydrogen-bond donors (Lipinski definition) is 1. The Morgan fingerprint density at radius 3 is 2.80 bits per heavy atom. The molecular weight excluding hydrogens is 194 g/mol. The molecule has 78 valence electrons. The molecule has 0 bridgehead atoms. The van der Waals surface area contributed by atoms with Crippen molar-refractivity contribution in [2.75, 3.05) is 7.11 Å².